The van der Waals surface area contributed by atoms with Crippen LogP contribution in [0.5, 0.6) is 5.75 Å². The lowest BCUT2D eigenvalue weighted by Gasteiger charge is -2.38. The summed E-state index contributed by atoms with van der Waals surface area (Å²) in [6, 6.07) is 12.9. The van der Waals surface area contributed by atoms with Crippen LogP contribution in [-0.4, -0.2) is 32.7 Å². The molecule has 0 spiro atoms. The van der Waals surface area contributed by atoms with Crippen molar-refractivity contribution in [3.63, 3.8) is 0 Å². The second-order valence-electron chi connectivity index (χ2n) is 8.48. The van der Waals surface area contributed by atoms with E-state index in [9.17, 15) is 13.2 Å². The molecule has 0 radical (unpaired) electrons. The highest BCUT2D eigenvalue weighted by Crippen LogP contribution is 2.40. The van der Waals surface area contributed by atoms with Gasteiger partial charge in [0.25, 0.3) is 0 Å². The molecule has 2 aromatic carbocycles. The molecule has 6 nitrogen and oxygen atoms in total. The lowest BCUT2D eigenvalue weighted by atomic mass is 9.89. The number of hydrogen-bond acceptors (Lipinski definition) is 4. The van der Waals surface area contributed by atoms with Crippen LogP contribution in [-0.2, 0) is 21.2 Å². The van der Waals surface area contributed by atoms with Gasteiger partial charge in [0, 0.05) is 12.0 Å². The van der Waals surface area contributed by atoms with Crippen molar-refractivity contribution in [1.82, 2.24) is 5.32 Å². The van der Waals surface area contributed by atoms with Crippen molar-refractivity contribution < 1.29 is 17.9 Å². The molecular formula is C23H30N2O4S. The number of anilines is 1. The minimum absolute atomic E-state index is 0.250. The minimum Gasteiger partial charge on any atom is -0.487 e. The molecule has 0 saturated carbocycles. The number of nitrogens with one attached hydrogen (secondary N) is 1. The summed E-state index contributed by atoms with van der Waals surface area (Å²) < 4.78 is 32.3. The van der Waals surface area contributed by atoms with E-state index in [1.807, 2.05) is 58.0 Å². The first-order chi connectivity index (χ1) is 14.0. The molecule has 0 aromatic heterocycles. The maximum atomic E-state index is 13.0. The summed E-state index contributed by atoms with van der Waals surface area (Å²) in [6.07, 6.45) is 2.40. The first kappa shape index (κ1) is 22.2. The van der Waals surface area contributed by atoms with E-state index in [1.54, 1.807) is 12.1 Å². The Kier molecular flexibility index (Phi) is 6.13. The quantitative estimate of drug-likeness (QED) is 0.757. The van der Waals surface area contributed by atoms with E-state index < -0.39 is 15.6 Å². The molecule has 1 unspecified atom stereocenters. The molecule has 1 atom stereocenters. The van der Waals surface area contributed by atoms with Gasteiger partial charge >= 0.3 is 0 Å². The van der Waals surface area contributed by atoms with E-state index in [-0.39, 0.29) is 18.5 Å². The van der Waals surface area contributed by atoms with E-state index in [0.717, 1.165) is 28.7 Å². The second kappa shape index (κ2) is 8.30. The van der Waals surface area contributed by atoms with Crippen LogP contribution >= 0.6 is 0 Å². The van der Waals surface area contributed by atoms with Gasteiger partial charge in [0.15, 0.2) is 0 Å². The van der Waals surface area contributed by atoms with Gasteiger partial charge in [-0.3, -0.25) is 9.10 Å². The van der Waals surface area contributed by atoms with Gasteiger partial charge < -0.3 is 10.1 Å². The maximum absolute atomic E-state index is 13.0. The van der Waals surface area contributed by atoms with Crippen LogP contribution in [0.1, 0.15) is 49.9 Å². The minimum atomic E-state index is -3.63. The Labute approximate surface area is 179 Å². The molecule has 1 N–H and O–H groups in total. The number of ether oxygens (including phenoxy) is 1. The fourth-order valence-electron chi connectivity index (χ4n) is 3.89. The van der Waals surface area contributed by atoms with E-state index >= 15 is 0 Å². The third kappa shape index (κ3) is 4.95. The first-order valence-electron chi connectivity index (χ1n) is 10.1. The molecule has 30 heavy (non-hydrogen) atoms. The van der Waals surface area contributed by atoms with Gasteiger partial charge in [0.2, 0.25) is 15.9 Å². The lowest BCUT2D eigenvalue weighted by molar-refractivity contribution is -0.120. The van der Waals surface area contributed by atoms with Gasteiger partial charge in [-0.1, -0.05) is 37.3 Å². The standard InChI is InChI=1S/C23H30N2O4S/c1-6-17-9-7-8-10-20(17)25(30(5,27)28)15-22(26)24-19-14-23(3,4)29-21-13-16(2)11-12-18(19)21/h7-13,19H,6,14-15H2,1-5H3,(H,24,26). The van der Waals surface area contributed by atoms with Crippen LogP contribution in [0.3, 0.4) is 0 Å². The number of nitrogens with zero attached hydrogens (tertiary/aromatic N) is 1. The van der Waals surface area contributed by atoms with Crippen LogP contribution in [0.25, 0.3) is 0 Å². The summed E-state index contributed by atoms with van der Waals surface area (Å²) >= 11 is 0. The van der Waals surface area contributed by atoms with Crippen molar-refractivity contribution in [3.8, 4) is 5.75 Å². The van der Waals surface area contributed by atoms with Crippen LogP contribution in [0, 0.1) is 6.92 Å². The average Bonchev–Trinajstić information content (AvgIpc) is 2.64. The Bertz CT molecular complexity index is 1050. The van der Waals surface area contributed by atoms with Crippen molar-refractivity contribution in [2.24, 2.45) is 0 Å². The topological polar surface area (TPSA) is 75.7 Å². The van der Waals surface area contributed by atoms with Gasteiger partial charge in [0.1, 0.15) is 17.9 Å². The van der Waals surface area contributed by atoms with Gasteiger partial charge in [-0.2, -0.15) is 0 Å². The number of para-hydroxylation sites is 1. The van der Waals surface area contributed by atoms with Crippen LogP contribution in [0.4, 0.5) is 5.69 Å². The highest BCUT2D eigenvalue weighted by Gasteiger charge is 2.35. The summed E-state index contributed by atoms with van der Waals surface area (Å²) in [4.78, 5) is 13.0. The molecule has 162 valence electrons. The van der Waals surface area contributed by atoms with E-state index in [0.29, 0.717) is 18.5 Å². The number of amides is 1. The zero-order chi connectivity index (χ0) is 22.1. The van der Waals surface area contributed by atoms with E-state index in [1.165, 1.54) is 4.31 Å². The number of aryl methyl sites for hydroxylation is 2. The fourth-order valence-corrected chi connectivity index (χ4v) is 4.78. The van der Waals surface area contributed by atoms with Crippen molar-refractivity contribution in [2.45, 2.75) is 52.2 Å². The normalized spacial score (nSPS) is 17.6. The predicted octanol–water partition coefficient (Wildman–Crippen LogP) is 3.74. The van der Waals surface area contributed by atoms with Gasteiger partial charge in [-0.25, -0.2) is 8.42 Å². The number of benzene rings is 2. The smallest absolute Gasteiger partial charge is 0.241 e. The number of rotatable bonds is 6. The van der Waals surface area contributed by atoms with Crippen LogP contribution < -0.4 is 14.4 Å². The number of carbonyl (C=O) groups excluding carboxylic acids is 1. The first-order valence-corrected chi connectivity index (χ1v) is 12.0. The summed E-state index contributed by atoms with van der Waals surface area (Å²) in [5.41, 5.74) is 2.97. The Morgan fingerprint density at radius 3 is 2.60 bits per heavy atom. The molecule has 0 bridgehead atoms. The molecule has 1 aliphatic heterocycles. The largest absolute Gasteiger partial charge is 0.487 e. The predicted molar refractivity (Wildman–Crippen MR) is 119 cm³/mol. The molecule has 0 fully saturated rings. The molecule has 1 heterocycles. The maximum Gasteiger partial charge on any atom is 0.241 e. The summed E-state index contributed by atoms with van der Waals surface area (Å²) in [5, 5.41) is 3.03. The van der Waals surface area contributed by atoms with Crippen LogP contribution in [0.2, 0.25) is 0 Å². The fraction of sp³-hybridized carbons (Fsp3) is 0.435. The Morgan fingerprint density at radius 1 is 1.23 bits per heavy atom. The third-order valence-corrected chi connectivity index (χ3v) is 6.42. The highest BCUT2D eigenvalue weighted by molar-refractivity contribution is 7.92. The Hall–Kier alpha value is -2.54. The monoisotopic (exact) mass is 430 g/mol. The lowest BCUT2D eigenvalue weighted by Crippen LogP contribution is -2.45. The number of sulfonamides is 1. The van der Waals surface area contributed by atoms with Crippen molar-refractivity contribution >= 4 is 21.6 Å². The van der Waals surface area contributed by atoms with Crippen molar-refractivity contribution in [1.29, 1.82) is 0 Å². The van der Waals surface area contributed by atoms with Gasteiger partial charge in [-0.15, -0.1) is 0 Å². The molecule has 2 aromatic rings. The summed E-state index contributed by atoms with van der Waals surface area (Å²) in [6.45, 7) is 7.65. The summed E-state index contributed by atoms with van der Waals surface area (Å²) in [7, 11) is -3.63. The van der Waals surface area contributed by atoms with E-state index in [4.69, 9.17) is 4.74 Å². The van der Waals surface area contributed by atoms with Crippen molar-refractivity contribution in [3.05, 3.63) is 59.2 Å². The average molecular weight is 431 g/mol. The Morgan fingerprint density at radius 2 is 1.93 bits per heavy atom. The molecule has 0 aliphatic carbocycles. The molecule has 7 heteroatoms. The SMILES string of the molecule is CCc1ccccc1N(CC(=O)NC1CC(C)(C)Oc2cc(C)ccc21)S(C)(=O)=O. The zero-order valence-corrected chi connectivity index (χ0v) is 19.0. The van der Waals surface area contributed by atoms with Gasteiger partial charge in [0.05, 0.1) is 18.0 Å². The second-order valence-corrected chi connectivity index (χ2v) is 10.4. The highest BCUT2D eigenvalue weighted by atomic mass is 32.2. The molecule has 1 amide bonds. The van der Waals surface area contributed by atoms with Gasteiger partial charge in [-0.05, 0) is 50.5 Å². The van der Waals surface area contributed by atoms with Crippen LogP contribution in [0.15, 0.2) is 42.5 Å². The number of carbonyl (C=O) groups is 1. The molecule has 0 saturated heterocycles. The summed E-state index contributed by atoms with van der Waals surface area (Å²) in [5.74, 6) is 0.411. The van der Waals surface area contributed by atoms with Crippen molar-refractivity contribution in [2.75, 3.05) is 17.1 Å². The number of fused-ring (bicyclic) bond motifs is 1. The van der Waals surface area contributed by atoms with E-state index in [2.05, 4.69) is 5.32 Å². The third-order valence-electron chi connectivity index (χ3n) is 5.29. The number of hydrogen-bond donors (Lipinski definition) is 1. The Balaban J connectivity index is 1.86. The molecular weight excluding hydrogens is 400 g/mol. The molecule has 1 aliphatic rings. The molecule has 3 rings (SSSR count). The zero-order valence-electron chi connectivity index (χ0n) is 18.2.